The fourth-order valence-electron chi connectivity index (χ4n) is 2.33. The second-order valence-electron chi connectivity index (χ2n) is 5.46. The molecule has 130 valence electrons. The largest absolute Gasteiger partial charge is 0.338 e. The van der Waals surface area contributed by atoms with E-state index in [0.29, 0.717) is 22.6 Å². The summed E-state index contributed by atoms with van der Waals surface area (Å²) in [6.45, 7) is 1.72. The van der Waals surface area contributed by atoms with E-state index in [1.54, 1.807) is 55.5 Å². The predicted octanol–water partition coefficient (Wildman–Crippen LogP) is 3.20. The van der Waals surface area contributed by atoms with Crippen LogP contribution in [0, 0.1) is 18.3 Å². The van der Waals surface area contributed by atoms with E-state index in [1.165, 1.54) is 12.1 Å². The Balaban J connectivity index is 1.78. The minimum atomic E-state index is -3.74. The Bertz CT molecular complexity index is 1070. The fraction of sp³-hybridized carbons (Fsp3) is 0.0556. The normalized spacial score (nSPS) is 10.8. The number of anilines is 3. The summed E-state index contributed by atoms with van der Waals surface area (Å²) in [5, 5.41) is 19.9. The molecule has 0 radical (unpaired) electrons. The van der Waals surface area contributed by atoms with Gasteiger partial charge in [-0.3, -0.25) is 4.72 Å². The Hall–Kier alpha value is -3.44. The van der Waals surface area contributed by atoms with Gasteiger partial charge in [0.15, 0.2) is 11.6 Å². The molecule has 1 heterocycles. The smallest absolute Gasteiger partial charge is 0.263 e. The van der Waals surface area contributed by atoms with Crippen molar-refractivity contribution in [3.8, 4) is 6.07 Å². The van der Waals surface area contributed by atoms with Crippen LogP contribution in [0.25, 0.3) is 0 Å². The third-order valence-electron chi connectivity index (χ3n) is 3.60. The standard InChI is InChI=1S/C18H15N5O2S/c1-13-6-2-5-9-16(13)26(24,25)23-18-11-10-17(21-22-18)20-15-8-4-3-7-14(15)12-19/h2-11H,1H3,(H,20,21)(H,22,23). The van der Waals surface area contributed by atoms with Crippen molar-refractivity contribution in [2.45, 2.75) is 11.8 Å². The molecule has 3 rings (SSSR count). The number of sulfonamides is 1. The van der Waals surface area contributed by atoms with Gasteiger partial charge in [-0.2, -0.15) is 5.26 Å². The Labute approximate surface area is 151 Å². The number of aromatic nitrogens is 2. The molecule has 0 bridgehead atoms. The van der Waals surface area contributed by atoms with Crippen LogP contribution >= 0.6 is 0 Å². The van der Waals surface area contributed by atoms with Crippen LogP contribution in [0.4, 0.5) is 17.3 Å². The lowest BCUT2D eigenvalue weighted by Gasteiger charge is -2.10. The topological polar surface area (TPSA) is 108 Å². The Kier molecular flexibility index (Phi) is 4.82. The highest BCUT2D eigenvalue weighted by molar-refractivity contribution is 7.92. The molecular formula is C18H15N5O2S. The zero-order chi connectivity index (χ0) is 18.6. The number of hydrogen-bond donors (Lipinski definition) is 2. The van der Waals surface area contributed by atoms with E-state index in [2.05, 4.69) is 26.3 Å². The van der Waals surface area contributed by atoms with Crippen molar-refractivity contribution in [3.05, 3.63) is 71.8 Å². The lowest BCUT2D eigenvalue weighted by molar-refractivity contribution is 0.600. The lowest BCUT2D eigenvalue weighted by atomic mass is 10.2. The van der Waals surface area contributed by atoms with Gasteiger partial charge in [0.05, 0.1) is 16.1 Å². The van der Waals surface area contributed by atoms with E-state index in [9.17, 15) is 8.42 Å². The van der Waals surface area contributed by atoms with Crippen LogP contribution < -0.4 is 10.0 Å². The molecule has 2 aromatic carbocycles. The van der Waals surface area contributed by atoms with Crippen LogP contribution in [0.3, 0.4) is 0 Å². The predicted molar refractivity (Wildman–Crippen MR) is 98.5 cm³/mol. The first-order chi connectivity index (χ1) is 12.5. The first-order valence-corrected chi connectivity index (χ1v) is 9.16. The van der Waals surface area contributed by atoms with Gasteiger partial charge in [-0.15, -0.1) is 10.2 Å². The van der Waals surface area contributed by atoms with Crippen molar-refractivity contribution >= 4 is 27.3 Å². The summed E-state index contributed by atoms with van der Waals surface area (Å²) in [5.41, 5.74) is 1.70. The summed E-state index contributed by atoms with van der Waals surface area (Å²) in [6, 6.07) is 18.8. The second kappa shape index (κ2) is 7.21. The van der Waals surface area contributed by atoms with Crippen LogP contribution in [0.5, 0.6) is 0 Å². The molecule has 3 aromatic rings. The van der Waals surface area contributed by atoms with Gasteiger partial charge in [0.25, 0.3) is 10.0 Å². The van der Waals surface area contributed by atoms with E-state index >= 15 is 0 Å². The minimum absolute atomic E-state index is 0.104. The van der Waals surface area contributed by atoms with Crippen molar-refractivity contribution in [1.82, 2.24) is 10.2 Å². The number of nitriles is 1. The summed E-state index contributed by atoms with van der Waals surface area (Å²) < 4.78 is 27.3. The lowest BCUT2D eigenvalue weighted by Crippen LogP contribution is -2.15. The first kappa shape index (κ1) is 17.4. The number of nitrogens with one attached hydrogen (secondary N) is 2. The molecule has 8 heteroatoms. The molecule has 0 spiro atoms. The van der Waals surface area contributed by atoms with E-state index in [1.807, 2.05) is 0 Å². The quantitative estimate of drug-likeness (QED) is 0.719. The Morgan fingerprint density at radius 2 is 1.58 bits per heavy atom. The number of aryl methyl sites for hydroxylation is 1. The highest BCUT2D eigenvalue weighted by atomic mass is 32.2. The first-order valence-electron chi connectivity index (χ1n) is 7.68. The van der Waals surface area contributed by atoms with Gasteiger partial charge >= 0.3 is 0 Å². The average Bonchev–Trinajstić information content (AvgIpc) is 2.64. The fourth-order valence-corrected chi connectivity index (χ4v) is 3.58. The molecule has 7 nitrogen and oxygen atoms in total. The van der Waals surface area contributed by atoms with Crippen LogP contribution in [-0.2, 0) is 10.0 Å². The van der Waals surface area contributed by atoms with Gasteiger partial charge in [0.1, 0.15) is 6.07 Å². The molecule has 0 saturated heterocycles. The Morgan fingerprint density at radius 3 is 2.27 bits per heavy atom. The van der Waals surface area contributed by atoms with Crippen molar-refractivity contribution in [1.29, 1.82) is 5.26 Å². The van der Waals surface area contributed by atoms with Gasteiger partial charge in [0, 0.05) is 0 Å². The molecule has 2 N–H and O–H groups in total. The Morgan fingerprint density at radius 1 is 0.923 bits per heavy atom. The van der Waals surface area contributed by atoms with Crippen molar-refractivity contribution in [2.24, 2.45) is 0 Å². The van der Waals surface area contributed by atoms with Crippen LogP contribution in [0.15, 0.2) is 65.6 Å². The number of hydrogen-bond acceptors (Lipinski definition) is 6. The monoisotopic (exact) mass is 365 g/mol. The van der Waals surface area contributed by atoms with Gasteiger partial charge in [-0.05, 0) is 42.8 Å². The molecule has 0 aliphatic rings. The second-order valence-corrected chi connectivity index (χ2v) is 7.11. The van der Waals surface area contributed by atoms with Gasteiger partial charge in [0.2, 0.25) is 0 Å². The molecular weight excluding hydrogens is 350 g/mol. The molecule has 0 fully saturated rings. The highest BCUT2D eigenvalue weighted by Gasteiger charge is 2.17. The molecule has 0 aliphatic carbocycles. The highest BCUT2D eigenvalue weighted by Crippen LogP contribution is 2.20. The van der Waals surface area contributed by atoms with E-state index in [0.717, 1.165) is 0 Å². The molecule has 0 aliphatic heterocycles. The van der Waals surface area contributed by atoms with Crippen molar-refractivity contribution in [3.63, 3.8) is 0 Å². The van der Waals surface area contributed by atoms with E-state index in [-0.39, 0.29) is 10.7 Å². The molecule has 0 atom stereocenters. The van der Waals surface area contributed by atoms with Crippen molar-refractivity contribution < 1.29 is 8.42 Å². The summed E-state index contributed by atoms with van der Waals surface area (Å²) >= 11 is 0. The van der Waals surface area contributed by atoms with E-state index < -0.39 is 10.0 Å². The van der Waals surface area contributed by atoms with Gasteiger partial charge < -0.3 is 5.32 Å². The zero-order valence-electron chi connectivity index (χ0n) is 13.8. The maximum atomic E-state index is 12.5. The van der Waals surface area contributed by atoms with Gasteiger partial charge in [-0.1, -0.05) is 30.3 Å². The van der Waals surface area contributed by atoms with E-state index in [4.69, 9.17) is 5.26 Å². The van der Waals surface area contributed by atoms with Crippen LogP contribution in [0.1, 0.15) is 11.1 Å². The number of rotatable bonds is 5. The molecule has 26 heavy (non-hydrogen) atoms. The van der Waals surface area contributed by atoms with Crippen molar-refractivity contribution in [2.75, 3.05) is 10.0 Å². The van der Waals surface area contributed by atoms with Crippen LogP contribution in [0.2, 0.25) is 0 Å². The SMILES string of the molecule is Cc1ccccc1S(=O)(=O)Nc1ccc(Nc2ccccc2C#N)nn1. The molecule has 1 aromatic heterocycles. The molecule has 0 saturated carbocycles. The third kappa shape index (κ3) is 3.79. The molecule has 0 amide bonds. The number of para-hydroxylation sites is 1. The summed E-state index contributed by atoms with van der Waals surface area (Å²) in [4.78, 5) is 0.187. The molecule has 0 unspecified atom stereocenters. The average molecular weight is 365 g/mol. The number of nitrogens with zero attached hydrogens (tertiary/aromatic N) is 3. The summed E-state index contributed by atoms with van der Waals surface area (Å²) in [6.07, 6.45) is 0. The van der Waals surface area contributed by atoms with Gasteiger partial charge in [-0.25, -0.2) is 8.42 Å². The summed E-state index contributed by atoms with van der Waals surface area (Å²) in [7, 11) is -3.74. The van der Waals surface area contributed by atoms with Crippen LogP contribution in [-0.4, -0.2) is 18.6 Å². The zero-order valence-corrected chi connectivity index (χ0v) is 14.7. The number of benzene rings is 2. The maximum absolute atomic E-state index is 12.5. The maximum Gasteiger partial charge on any atom is 0.263 e. The third-order valence-corrected chi connectivity index (χ3v) is 5.11. The minimum Gasteiger partial charge on any atom is -0.338 e. The summed E-state index contributed by atoms with van der Waals surface area (Å²) in [5.74, 6) is 0.499.